The minimum Gasteiger partial charge on any atom is -0.477 e. The number of thiophene rings is 1. The fourth-order valence-electron chi connectivity index (χ4n) is 1.22. The largest absolute Gasteiger partial charge is 0.477 e. The number of rotatable bonds is 1. The van der Waals surface area contributed by atoms with Gasteiger partial charge in [-0.15, -0.1) is 11.3 Å². The number of hydrogen-bond acceptors (Lipinski definition) is 4. The number of aromatic carboxylic acids is 1. The van der Waals surface area contributed by atoms with E-state index in [1.807, 2.05) is 0 Å². The zero-order valence-electron chi connectivity index (χ0n) is 7.33. The van der Waals surface area contributed by atoms with Crippen LogP contribution < -0.4 is 10.6 Å². The molecule has 0 saturated heterocycles. The summed E-state index contributed by atoms with van der Waals surface area (Å²) in [6.45, 7) is 1.72. The van der Waals surface area contributed by atoms with E-state index in [0.29, 0.717) is 10.7 Å². The first kappa shape index (κ1) is 9.01. The van der Waals surface area contributed by atoms with Crippen molar-refractivity contribution in [3.8, 4) is 0 Å². The Morgan fingerprint density at radius 2 is 2.36 bits per heavy atom. The molecule has 14 heavy (non-hydrogen) atoms. The first-order chi connectivity index (χ1) is 6.58. The monoisotopic (exact) mass is 212 g/mol. The molecule has 0 fully saturated rings. The van der Waals surface area contributed by atoms with Gasteiger partial charge in [0.05, 0.1) is 5.69 Å². The van der Waals surface area contributed by atoms with E-state index >= 15 is 0 Å². The van der Waals surface area contributed by atoms with E-state index in [2.05, 4.69) is 10.6 Å². The van der Waals surface area contributed by atoms with Gasteiger partial charge in [-0.2, -0.15) is 0 Å². The fourth-order valence-corrected chi connectivity index (χ4v) is 2.08. The second-order valence-electron chi connectivity index (χ2n) is 3.01. The van der Waals surface area contributed by atoms with Crippen LogP contribution in [0.5, 0.6) is 0 Å². The molecule has 0 saturated carbocycles. The van der Waals surface area contributed by atoms with Gasteiger partial charge >= 0.3 is 5.97 Å². The van der Waals surface area contributed by atoms with Gasteiger partial charge in [0.1, 0.15) is 15.9 Å². The number of carbonyl (C=O) groups is 2. The van der Waals surface area contributed by atoms with Gasteiger partial charge in [0.2, 0.25) is 5.91 Å². The van der Waals surface area contributed by atoms with Crippen LogP contribution in [0.3, 0.4) is 0 Å². The van der Waals surface area contributed by atoms with Crippen molar-refractivity contribution >= 4 is 33.9 Å². The number of carboxylic acids is 1. The van der Waals surface area contributed by atoms with E-state index in [1.165, 1.54) is 6.07 Å². The van der Waals surface area contributed by atoms with E-state index in [1.54, 1.807) is 6.92 Å². The van der Waals surface area contributed by atoms with Gasteiger partial charge in [0, 0.05) is 0 Å². The standard InChI is InChI=1S/C8H8N2O3S/c1-3-6(11)10-7-4(9-3)2-5(14-7)8(12)13/h2-3,9H,1H3,(H,10,11)(H,12,13). The lowest BCUT2D eigenvalue weighted by Gasteiger charge is -2.20. The first-order valence-electron chi connectivity index (χ1n) is 4.02. The van der Waals surface area contributed by atoms with Crippen LogP contribution in [-0.4, -0.2) is 23.0 Å². The molecule has 1 aromatic rings. The molecule has 0 spiro atoms. The lowest BCUT2D eigenvalue weighted by Crippen LogP contribution is -2.35. The summed E-state index contributed by atoms with van der Waals surface area (Å²) in [6.07, 6.45) is 0. The zero-order valence-corrected chi connectivity index (χ0v) is 8.14. The number of amides is 1. The molecule has 1 atom stereocenters. The molecule has 3 N–H and O–H groups in total. The molecule has 6 heteroatoms. The van der Waals surface area contributed by atoms with Gasteiger partial charge in [-0.1, -0.05) is 0 Å². The van der Waals surface area contributed by atoms with Crippen molar-refractivity contribution in [2.75, 3.05) is 10.6 Å². The summed E-state index contributed by atoms with van der Waals surface area (Å²) in [5, 5.41) is 14.9. The minimum atomic E-state index is -0.979. The van der Waals surface area contributed by atoms with Gasteiger partial charge in [0.25, 0.3) is 0 Å². The van der Waals surface area contributed by atoms with Gasteiger partial charge in [0.15, 0.2) is 0 Å². The van der Waals surface area contributed by atoms with Crippen molar-refractivity contribution in [3.63, 3.8) is 0 Å². The van der Waals surface area contributed by atoms with Crippen molar-refractivity contribution in [1.82, 2.24) is 0 Å². The van der Waals surface area contributed by atoms with Crippen LogP contribution in [0.4, 0.5) is 10.7 Å². The molecule has 1 aliphatic heterocycles. The second-order valence-corrected chi connectivity index (χ2v) is 4.07. The Bertz CT molecular complexity index is 413. The molecule has 0 aliphatic carbocycles. The summed E-state index contributed by atoms with van der Waals surface area (Å²) in [4.78, 5) is 22.1. The maximum absolute atomic E-state index is 11.2. The van der Waals surface area contributed by atoms with E-state index in [-0.39, 0.29) is 16.8 Å². The predicted molar refractivity (Wildman–Crippen MR) is 53.0 cm³/mol. The third-order valence-corrected chi connectivity index (χ3v) is 2.98. The quantitative estimate of drug-likeness (QED) is 0.653. The fraction of sp³-hybridized carbons (Fsp3) is 0.250. The molecule has 74 valence electrons. The van der Waals surface area contributed by atoms with Crippen LogP contribution in [0.1, 0.15) is 16.6 Å². The average Bonchev–Trinajstić information content (AvgIpc) is 2.48. The third-order valence-electron chi connectivity index (χ3n) is 1.94. The topological polar surface area (TPSA) is 78.4 Å². The molecular weight excluding hydrogens is 204 g/mol. The lowest BCUT2D eigenvalue weighted by molar-refractivity contribution is -0.116. The molecule has 0 aromatic carbocycles. The molecule has 1 amide bonds. The maximum atomic E-state index is 11.2. The number of carbonyl (C=O) groups excluding carboxylic acids is 1. The summed E-state index contributed by atoms with van der Waals surface area (Å²) in [7, 11) is 0. The van der Waals surface area contributed by atoms with E-state index in [0.717, 1.165) is 11.3 Å². The second kappa shape index (κ2) is 2.98. The van der Waals surface area contributed by atoms with E-state index in [9.17, 15) is 9.59 Å². The van der Waals surface area contributed by atoms with Gasteiger partial charge in [-0.25, -0.2) is 4.79 Å². The summed E-state index contributed by atoms with van der Waals surface area (Å²) < 4.78 is 0. The number of nitrogens with one attached hydrogen (secondary N) is 2. The van der Waals surface area contributed by atoms with Crippen LogP contribution >= 0.6 is 11.3 Å². The highest BCUT2D eigenvalue weighted by Gasteiger charge is 2.24. The Labute approximate surface area is 83.7 Å². The normalized spacial score (nSPS) is 19.5. The van der Waals surface area contributed by atoms with Crippen molar-refractivity contribution in [1.29, 1.82) is 0 Å². The van der Waals surface area contributed by atoms with Crippen LogP contribution in [0.2, 0.25) is 0 Å². The molecule has 1 aliphatic rings. The van der Waals surface area contributed by atoms with Gasteiger partial charge < -0.3 is 15.7 Å². The van der Waals surface area contributed by atoms with E-state index in [4.69, 9.17) is 5.11 Å². The first-order valence-corrected chi connectivity index (χ1v) is 4.84. The molecular formula is C8H8N2O3S. The third kappa shape index (κ3) is 1.33. The Hall–Kier alpha value is -1.56. The summed E-state index contributed by atoms with van der Waals surface area (Å²) >= 11 is 1.06. The van der Waals surface area contributed by atoms with Crippen LogP contribution in [0, 0.1) is 0 Å². The Morgan fingerprint density at radius 1 is 1.64 bits per heavy atom. The summed E-state index contributed by atoms with van der Waals surface area (Å²) in [5.74, 6) is -1.12. The average molecular weight is 212 g/mol. The smallest absolute Gasteiger partial charge is 0.346 e. The highest BCUT2D eigenvalue weighted by molar-refractivity contribution is 7.18. The molecule has 2 heterocycles. The minimum absolute atomic E-state index is 0.142. The molecule has 2 rings (SSSR count). The number of anilines is 2. The Kier molecular flexibility index (Phi) is 1.92. The predicted octanol–water partition coefficient (Wildman–Crippen LogP) is 1.20. The lowest BCUT2D eigenvalue weighted by atomic mass is 10.2. The summed E-state index contributed by atoms with van der Waals surface area (Å²) in [5.41, 5.74) is 0.680. The zero-order chi connectivity index (χ0) is 10.3. The SMILES string of the molecule is CC1Nc2cc(C(=O)O)sc2NC1=O. The molecule has 1 aromatic heterocycles. The highest BCUT2D eigenvalue weighted by atomic mass is 32.1. The Morgan fingerprint density at radius 3 is 3.00 bits per heavy atom. The van der Waals surface area contributed by atoms with Gasteiger partial charge in [-0.3, -0.25) is 4.79 Å². The number of fused-ring (bicyclic) bond motifs is 1. The van der Waals surface area contributed by atoms with Crippen molar-refractivity contribution in [2.24, 2.45) is 0 Å². The van der Waals surface area contributed by atoms with Crippen molar-refractivity contribution in [3.05, 3.63) is 10.9 Å². The van der Waals surface area contributed by atoms with Crippen molar-refractivity contribution < 1.29 is 14.7 Å². The molecule has 5 nitrogen and oxygen atoms in total. The molecule has 0 bridgehead atoms. The highest BCUT2D eigenvalue weighted by Crippen LogP contribution is 2.35. The molecule has 0 radical (unpaired) electrons. The molecule has 1 unspecified atom stereocenters. The maximum Gasteiger partial charge on any atom is 0.346 e. The Balaban J connectivity index is 2.38. The van der Waals surface area contributed by atoms with E-state index < -0.39 is 5.97 Å². The van der Waals surface area contributed by atoms with Gasteiger partial charge in [-0.05, 0) is 13.0 Å². The van der Waals surface area contributed by atoms with Crippen LogP contribution in [-0.2, 0) is 4.79 Å². The van der Waals surface area contributed by atoms with Crippen LogP contribution in [0.25, 0.3) is 0 Å². The van der Waals surface area contributed by atoms with Crippen molar-refractivity contribution in [2.45, 2.75) is 13.0 Å². The number of carboxylic acid groups (broad SMARTS) is 1. The van der Waals surface area contributed by atoms with Crippen LogP contribution in [0.15, 0.2) is 6.07 Å². The summed E-state index contributed by atoms with van der Waals surface area (Å²) in [6, 6.07) is 1.21. The number of hydrogen-bond donors (Lipinski definition) is 3.